The van der Waals surface area contributed by atoms with Gasteiger partial charge >= 0.3 is 0 Å². The van der Waals surface area contributed by atoms with Crippen LogP contribution in [0.15, 0.2) is 45.7 Å². The summed E-state index contributed by atoms with van der Waals surface area (Å²) in [6.07, 6.45) is 0. The van der Waals surface area contributed by atoms with Crippen molar-refractivity contribution >= 4 is 15.9 Å². The van der Waals surface area contributed by atoms with Gasteiger partial charge in [-0.2, -0.15) is 0 Å². The highest BCUT2D eigenvalue weighted by Gasteiger charge is 2.06. The highest BCUT2D eigenvalue weighted by atomic mass is 79.9. The molecule has 2 rings (SSSR count). The lowest BCUT2D eigenvalue weighted by atomic mass is 10.2. The normalized spacial score (nSPS) is 10.2. The SMILES string of the molecule is COc1cc(Br)c(=O)n(Cc2ccccc2)n1. The minimum Gasteiger partial charge on any atom is -0.480 e. The predicted molar refractivity (Wildman–Crippen MR) is 68.3 cm³/mol. The number of methoxy groups -OCH3 is 1. The van der Waals surface area contributed by atoms with E-state index in [-0.39, 0.29) is 5.56 Å². The number of rotatable bonds is 3. The van der Waals surface area contributed by atoms with Crippen LogP contribution in [-0.4, -0.2) is 16.9 Å². The van der Waals surface area contributed by atoms with Gasteiger partial charge in [-0.25, -0.2) is 4.68 Å². The number of halogens is 1. The monoisotopic (exact) mass is 294 g/mol. The largest absolute Gasteiger partial charge is 0.480 e. The van der Waals surface area contributed by atoms with Crippen molar-refractivity contribution in [3.8, 4) is 5.88 Å². The van der Waals surface area contributed by atoms with Gasteiger partial charge in [-0.15, -0.1) is 5.10 Å². The molecule has 1 aromatic carbocycles. The first-order valence-electron chi connectivity index (χ1n) is 5.06. The van der Waals surface area contributed by atoms with Crippen molar-refractivity contribution in [3.63, 3.8) is 0 Å². The fourth-order valence-electron chi connectivity index (χ4n) is 1.45. The van der Waals surface area contributed by atoms with Gasteiger partial charge in [-0.1, -0.05) is 30.3 Å². The predicted octanol–water partition coefficient (Wildman–Crippen LogP) is 2.06. The lowest BCUT2D eigenvalue weighted by molar-refractivity contribution is 0.378. The second kappa shape index (κ2) is 5.14. The molecule has 0 N–H and O–H groups in total. The van der Waals surface area contributed by atoms with Crippen molar-refractivity contribution in [2.24, 2.45) is 0 Å². The van der Waals surface area contributed by atoms with E-state index in [0.717, 1.165) is 5.56 Å². The highest BCUT2D eigenvalue weighted by Crippen LogP contribution is 2.11. The number of aromatic nitrogens is 2. The first-order valence-corrected chi connectivity index (χ1v) is 5.85. The molecular formula is C12H11BrN2O2. The Morgan fingerprint density at radius 1 is 1.35 bits per heavy atom. The van der Waals surface area contributed by atoms with Gasteiger partial charge in [-0.3, -0.25) is 4.79 Å². The minimum absolute atomic E-state index is 0.172. The van der Waals surface area contributed by atoms with E-state index in [1.54, 1.807) is 6.07 Å². The van der Waals surface area contributed by atoms with Gasteiger partial charge < -0.3 is 4.74 Å². The summed E-state index contributed by atoms with van der Waals surface area (Å²) in [6, 6.07) is 11.2. The molecule has 0 saturated heterocycles. The molecule has 0 bridgehead atoms. The molecule has 0 atom stereocenters. The zero-order valence-electron chi connectivity index (χ0n) is 9.26. The number of hydrogen-bond donors (Lipinski definition) is 0. The molecule has 1 aromatic heterocycles. The van der Waals surface area contributed by atoms with Crippen molar-refractivity contribution in [2.75, 3.05) is 7.11 Å². The Bertz CT molecular complexity index is 566. The van der Waals surface area contributed by atoms with Crippen LogP contribution in [0.5, 0.6) is 5.88 Å². The summed E-state index contributed by atoms with van der Waals surface area (Å²) in [5.41, 5.74) is 0.844. The Labute approximate surface area is 107 Å². The zero-order valence-corrected chi connectivity index (χ0v) is 10.8. The molecule has 17 heavy (non-hydrogen) atoms. The third-order valence-corrected chi connectivity index (χ3v) is 2.86. The van der Waals surface area contributed by atoms with Crippen molar-refractivity contribution in [1.82, 2.24) is 9.78 Å². The van der Waals surface area contributed by atoms with Crippen LogP contribution in [0.1, 0.15) is 5.56 Å². The smallest absolute Gasteiger partial charge is 0.281 e. The van der Waals surface area contributed by atoms with Gasteiger partial charge in [0, 0.05) is 6.07 Å². The number of hydrogen-bond acceptors (Lipinski definition) is 3. The van der Waals surface area contributed by atoms with Crippen LogP contribution in [0.4, 0.5) is 0 Å². The fourth-order valence-corrected chi connectivity index (χ4v) is 1.85. The molecule has 0 saturated carbocycles. The lowest BCUT2D eigenvalue weighted by Crippen LogP contribution is -2.24. The molecule has 1 heterocycles. The van der Waals surface area contributed by atoms with E-state index in [9.17, 15) is 4.79 Å². The number of ether oxygens (including phenoxy) is 1. The Kier molecular flexibility index (Phi) is 3.58. The second-order valence-corrected chi connectivity index (χ2v) is 4.34. The summed E-state index contributed by atoms with van der Waals surface area (Å²) in [5, 5.41) is 4.10. The van der Waals surface area contributed by atoms with Crippen molar-refractivity contribution in [2.45, 2.75) is 6.54 Å². The Balaban J connectivity index is 2.39. The van der Waals surface area contributed by atoms with Gasteiger partial charge in [0.25, 0.3) is 5.56 Å². The quantitative estimate of drug-likeness (QED) is 0.870. The summed E-state index contributed by atoms with van der Waals surface area (Å²) in [4.78, 5) is 11.8. The summed E-state index contributed by atoms with van der Waals surface area (Å²) in [6.45, 7) is 0.426. The minimum atomic E-state index is -0.172. The summed E-state index contributed by atoms with van der Waals surface area (Å²) in [5.74, 6) is 0.410. The van der Waals surface area contributed by atoms with E-state index >= 15 is 0 Å². The van der Waals surface area contributed by atoms with Crippen LogP contribution < -0.4 is 10.3 Å². The molecule has 0 aliphatic rings. The fraction of sp³-hybridized carbons (Fsp3) is 0.167. The Morgan fingerprint density at radius 2 is 2.06 bits per heavy atom. The number of benzene rings is 1. The molecule has 5 heteroatoms. The van der Waals surface area contributed by atoms with E-state index in [1.807, 2.05) is 30.3 Å². The third kappa shape index (κ3) is 2.74. The molecule has 0 aliphatic heterocycles. The summed E-state index contributed by atoms with van der Waals surface area (Å²) >= 11 is 3.20. The molecule has 0 amide bonds. The molecule has 0 spiro atoms. The average molecular weight is 295 g/mol. The summed E-state index contributed by atoms with van der Waals surface area (Å²) in [7, 11) is 1.52. The highest BCUT2D eigenvalue weighted by molar-refractivity contribution is 9.10. The summed E-state index contributed by atoms with van der Waals surface area (Å²) < 4.78 is 6.85. The molecule has 88 valence electrons. The van der Waals surface area contributed by atoms with Crippen LogP contribution in [0, 0.1) is 0 Å². The average Bonchev–Trinajstić information content (AvgIpc) is 2.36. The Hall–Kier alpha value is -1.62. The Morgan fingerprint density at radius 3 is 2.71 bits per heavy atom. The first kappa shape index (κ1) is 11.9. The van der Waals surface area contributed by atoms with E-state index in [2.05, 4.69) is 21.0 Å². The zero-order chi connectivity index (χ0) is 12.3. The van der Waals surface area contributed by atoms with Gasteiger partial charge in [0.15, 0.2) is 0 Å². The van der Waals surface area contributed by atoms with Gasteiger partial charge in [0.05, 0.1) is 18.1 Å². The van der Waals surface area contributed by atoms with Crippen LogP contribution in [0.3, 0.4) is 0 Å². The third-order valence-electron chi connectivity index (χ3n) is 2.29. The van der Waals surface area contributed by atoms with Crippen molar-refractivity contribution < 1.29 is 4.74 Å². The first-order chi connectivity index (χ1) is 8.20. The molecule has 0 unspecified atom stereocenters. The van der Waals surface area contributed by atoms with Crippen LogP contribution >= 0.6 is 15.9 Å². The van der Waals surface area contributed by atoms with Crippen molar-refractivity contribution in [1.29, 1.82) is 0 Å². The molecule has 0 aliphatic carbocycles. The molecule has 0 radical (unpaired) electrons. The number of nitrogens with zero attached hydrogens (tertiary/aromatic N) is 2. The maximum absolute atomic E-state index is 11.8. The van der Waals surface area contributed by atoms with E-state index in [1.165, 1.54) is 11.8 Å². The van der Waals surface area contributed by atoms with Gasteiger partial charge in [-0.05, 0) is 21.5 Å². The molecule has 4 nitrogen and oxygen atoms in total. The van der Waals surface area contributed by atoms with Crippen LogP contribution in [0.25, 0.3) is 0 Å². The van der Waals surface area contributed by atoms with E-state index < -0.39 is 0 Å². The maximum atomic E-state index is 11.8. The van der Waals surface area contributed by atoms with E-state index in [4.69, 9.17) is 4.74 Å². The standard InChI is InChI=1S/C12H11BrN2O2/c1-17-11-7-10(13)12(16)15(14-11)8-9-5-3-2-4-6-9/h2-7H,8H2,1H3. The van der Waals surface area contributed by atoms with Crippen molar-refractivity contribution in [3.05, 3.63) is 56.8 Å². The second-order valence-electron chi connectivity index (χ2n) is 3.48. The lowest BCUT2D eigenvalue weighted by Gasteiger charge is -2.07. The van der Waals surface area contributed by atoms with E-state index in [0.29, 0.717) is 16.9 Å². The van der Waals surface area contributed by atoms with Gasteiger partial charge in [0.1, 0.15) is 0 Å². The van der Waals surface area contributed by atoms with Gasteiger partial charge in [0.2, 0.25) is 5.88 Å². The van der Waals surface area contributed by atoms with Crippen LogP contribution in [-0.2, 0) is 6.54 Å². The molecular weight excluding hydrogens is 284 g/mol. The topological polar surface area (TPSA) is 44.1 Å². The van der Waals surface area contributed by atoms with Crippen LogP contribution in [0.2, 0.25) is 0 Å². The molecule has 0 fully saturated rings. The maximum Gasteiger partial charge on any atom is 0.281 e. The molecule has 2 aromatic rings.